The van der Waals surface area contributed by atoms with Crippen molar-refractivity contribution in [3.05, 3.63) is 71.8 Å². The molecule has 0 aliphatic heterocycles. The minimum Gasteiger partial charge on any atom is -0.388 e. The molecule has 0 bridgehead atoms. The fraction of sp³-hybridized carbons (Fsp3) is 0.533. The van der Waals surface area contributed by atoms with Gasteiger partial charge in [-0.25, -0.2) is 0 Å². The summed E-state index contributed by atoms with van der Waals surface area (Å²) < 4.78 is 0. The van der Waals surface area contributed by atoms with E-state index in [9.17, 15) is 19.8 Å². The van der Waals surface area contributed by atoms with Crippen LogP contribution in [0.15, 0.2) is 60.7 Å². The van der Waals surface area contributed by atoms with Gasteiger partial charge < -0.3 is 20.8 Å². The normalized spacial score (nSPS) is 22.7. The summed E-state index contributed by atoms with van der Waals surface area (Å²) in [4.78, 5) is 29.0. The third-order valence-electron chi connectivity index (χ3n) is 9.22. The van der Waals surface area contributed by atoms with Gasteiger partial charge in [0.15, 0.2) is 0 Å². The molecular formula is C30H38N2O4. The number of nitrogens with two attached hydrogens (primary N) is 1. The monoisotopic (exact) mass is 490 g/mol. The van der Waals surface area contributed by atoms with Crippen LogP contribution in [0.2, 0.25) is 0 Å². The Balaban J connectivity index is 1.62. The van der Waals surface area contributed by atoms with Gasteiger partial charge in [0.1, 0.15) is 5.41 Å². The van der Waals surface area contributed by atoms with Gasteiger partial charge in [0, 0.05) is 0 Å². The third kappa shape index (κ3) is 4.35. The van der Waals surface area contributed by atoms with Crippen LogP contribution in [0.25, 0.3) is 0 Å². The second-order valence-electron chi connectivity index (χ2n) is 11.3. The first-order valence-corrected chi connectivity index (χ1v) is 13.4. The lowest BCUT2D eigenvalue weighted by Gasteiger charge is -2.57. The zero-order valence-corrected chi connectivity index (χ0v) is 20.9. The molecule has 5 rings (SSSR count). The maximum absolute atomic E-state index is 14.5. The Morgan fingerprint density at radius 3 is 1.39 bits per heavy atom. The van der Waals surface area contributed by atoms with E-state index in [0.717, 1.165) is 30.4 Å². The van der Waals surface area contributed by atoms with E-state index in [1.54, 1.807) is 4.90 Å². The summed E-state index contributed by atoms with van der Waals surface area (Å²) in [5.41, 5.74) is 4.51. The number of carbonyl (C=O) groups is 2. The van der Waals surface area contributed by atoms with Gasteiger partial charge in [-0.2, -0.15) is 0 Å². The summed E-state index contributed by atoms with van der Waals surface area (Å²) in [5, 5.41) is 23.7. The predicted octanol–water partition coefficient (Wildman–Crippen LogP) is 3.52. The van der Waals surface area contributed by atoms with Crippen molar-refractivity contribution in [2.45, 2.75) is 93.9 Å². The van der Waals surface area contributed by atoms with Crippen molar-refractivity contribution in [1.82, 2.24) is 4.90 Å². The molecule has 6 nitrogen and oxygen atoms in total. The second kappa shape index (κ2) is 9.64. The van der Waals surface area contributed by atoms with Crippen molar-refractivity contribution in [1.29, 1.82) is 0 Å². The van der Waals surface area contributed by atoms with Gasteiger partial charge in [0.25, 0.3) is 0 Å². The van der Waals surface area contributed by atoms with Gasteiger partial charge in [-0.05, 0) is 75.3 Å². The largest absolute Gasteiger partial charge is 0.388 e. The van der Waals surface area contributed by atoms with Crippen LogP contribution in [0.5, 0.6) is 0 Å². The SMILES string of the molecule is NC(=O)C1(C(=O)N(C(Cc2ccccc2)C2(O)CCC2)C(Cc2ccccc2)C2(O)CCC2)CCC1. The van der Waals surface area contributed by atoms with Crippen molar-refractivity contribution in [3.8, 4) is 0 Å². The van der Waals surface area contributed by atoms with Crippen LogP contribution in [0, 0.1) is 5.41 Å². The Kier molecular flexibility index (Phi) is 6.69. The Labute approximate surface area is 213 Å². The molecule has 2 aromatic rings. The molecule has 3 saturated carbocycles. The zero-order valence-electron chi connectivity index (χ0n) is 20.9. The summed E-state index contributed by atoms with van der Waals surface area (Å²) in [5.74, 6) is -0.911. The Hall–Kier alpha value is -2.70. The molecule has 3 aliphatic carbocycles. The number of hydrogen-bond donors (Lipinski definition) is 3. The second-order valence-corrected chi connectivity index (χ2v) is 11.3. The van der Waals surface area contributed by atoms with Crippen LogP contribution in [0.3, 0.4) is 0 Å². The van der Waals surface area contributed by atoms with Crippen LogP contribution in [-0.4, -0.2) is 50.2 Å². The van der Waals surface area contributed by atoms with Crippen molar-refractivity contribution in [2.75, 3.05) is 0 Å². The highest BCUT2D eigenvalue weighted by Gasteiger charge is 2.59. The van der Waals surface area contributed by atoms with Crippen molar-refractivity contribution < 1.29 is 19.8 Å². The molecule has 6 heteroatoms. The molecular weight excluding hydrogens is 452 g/mol. The average Bonchev–Trinajstić information content (AvgIpc) is 2.80. The van der Waals surface area contributed by atoms with E-state index < -0.39 is 34.6 Å². The molecule has 0 heterocycles. The minimum atomic E-state index is -1.26. The third-order valence-corrected chi connectivity index (χ3v) is 9.22. The topological polar surface area (TPSA) is 104 Å². The van der Waals surface area contributed by atoms with Gasteiger partial charge in [-0.15, -0.1) is 0 Å². The van der Waals surface area contributed by atoms with E-state index in [4.69, 9.17) is 5.73 Å². The van der Waals surface area contributed by atoms with Gasteiger partial charge in [0.05, 0.1) is 23.3 Å². The first kappa shape index (κ1) is 25.0. The average molecular weight is 491 g/mol. The molecule has 0 spiro atoms. The van der Waals surface area contributed by atoms with Gasteiger partial charge >= 0.3 is 0 Å². The van der Waals surface area contributed by atoms with E-state index in [2.05, 4.69) is 0 Å². The zero-order chi connectivity index (χ0) is 25.4. The molecule has 36 heavy (non-hydrogen) atoms. The van der Waals surface area contributed by atoms with Crippen molar-refractivity contribution in [2.24, 2.45) is 11.1 Å². The number of carbonyl (C=O) groups excluding carboxylic acids is 2. The quantitative estimate of drug-likeness (QED) is 0.443. The fourth-order valence-corrected chi connectivity index (χ4v) is 6.36. The van der Waals surface area contributed by atoms with E-state index in [0.29, 0.717) is 51.4 Å². The number of nitrogens with zero attached hydrogens (tertiary/aromatic N) is 1. The molecule has 2 unspecified atom stereocenters. The number of rotatable bonds is 10. The minimum absolute atomic E-state index is 0.316. The molecule has 2 amide bonds. The number of primary amides is 1. The lowest BCUT2D eigenvalue weighted by molar-refractivity contribution is -0.189. The molecule has 2 aromatic carbocycles. The molecule has 4 N–H and O–H groups in total. The summed E-state index contributed by atoms with van der Waals surface area (Å²) in [6, 6.07) is 18.7. The Bertz CT molecular complexity index is 1010. The van der Waals surface area contributed by atoms with E-state index in [1.165, 1.54) is 0 Å². The molecule has 0 saturated heterocycles. The van der Waals surface area contributed by atoms with Crippen LogP contribution in [0.1, 0.15) is 68.9 Å². The molecule has 192 valence electrons. The number of amides is 2. The smallest absolute Gasteiger partial charge is 0.238 e. The predicted molar refractivity (Wildman–Crippen MR) is 138 cm³/mol. The maximum atomic E-state index is 14.5. The standard InChI is InChI=1S/C30H38N2O4/c31-26(33)28(14-7-15-28)27(34)32(24(29(35)16-8-17-29)20-22-10-3-1-4-11-22)25(30(36)18-9-19-30)21-23-12-5-2-6-13-23/h1-6,10-13,24-25,35-36H,7-9,14-21H2,(H2,31,33). The van der Waals surface area contributed by atoms with Crippen LogP contribution < -0.4 is 5.73 Å². The van der Waals surface area contributed by atoms with Crippen LogP contribution in [-0.2, 0) is 22.4 Å². The molecule has 3 fully saturated rings. The van der Waals surface area contributed by atoms with Gasteiger partial charge in [0.2, 0.25) is 11.8 Å². The highest BCUT2D eigenvalue weighted by atomic mass is 16.3. The summed E-state index contributed by atoms with van der Waals surface area (Å²) >= 11 is 0. The summed E-state index contributed by atoms with van der Waals surface area (Å²) in [7, 11) is 0. The first-order chi connectivity index (χ1) is 17.3. The lowest BCUT2D eigenvalue weighted by Crippen LogP contribution is -2.71. The Morgan fingerprint density at radius 2 is 1.11 bits per heavy atom. The highest BCUT2D eigenvalue weighted by molar-refractivity contribution is 6.05. The molecule has 0 radical (unpaired) electrons. The van der Waals surface area contributed by atoms with Crippen molar-refractivity contribution in [3.63, 3.8) is 0 Å². The maximum Gasteiger partial charge on any atom is 0.238 e. The number of hydrogen-bond acceptors (Lipinski definition) is 4. The van der Waals surface area contributed by atoms with Crippen molar-refractivity contribution >= 4 is 11.8 Å². The Morgan fingerprint density at radius 1 is 0.722 bits per heavy atom. The molecule has 0 aromatic heterocycles. The van der Waals surface area contributed by atoms with E-state index in [-0.39, 0.29) is 5.91 Å². The van der Waals surface area contributed by atoms with Crippen LogP contribution >= 0.6 is 0 Å². The van der Waals surface area contributed by atoms with E-state index in [1.807, 2.05) is 60.7 Å². The molecule has 3 aliphatic rings. The van der Waals surface area contributed by atoms with E-state index >= 15 is 0 Å². The summed E-state index contributed by atoms with van der Waals surface area (Å²) in [6.45, 7) is 0. The van der Waals surface area contributed by atoms with Crippen LogP contribution in [0.4, 0.5) is 0 Å². The highest BCUT2D eigenvalue weighted by Crippen LogP contribution is 2.49. The first-order valence-electron chi connectivity index (χ1n) is 13.4. The van der Waals surface area contributed by atoms with Gasteiger partial charge in [-0.1, -0.05) is 67.1 Å². The summed E-state index contributed by atoms with van der Waals surface area (Å²) in [6.07, 6.45) is 6.67. The number of benzene rings is 2. The molecule has 2 atom stereocenters. The lowest BCUT2D eigenvalue weighted by atomic mass is 9.64. The number of aliphatic hydroxyl groups is 2. The van der Waals surface area contributed by atoms with Gasteiger partial charge in [-0.3, -0.25) is 9.59 Å². The fourth-order valence-electron chi connectivity index (χ4n) is 6.36.